The van der Waals surface area contributed by atoms with Crippen molar-refractivity contribution in [3.05, 3.63) is 35.9 Å². The molecule has 0 aliphatic carbocycles. The minimum atomic E-state index is -0.185. The molecule has 3 N–H and O–H groups in total. The molecular weight excluding hydrogens is 254 g/mol. The summed E-state index contributed by atoms with van der Waals surface area (Å²) in [4.78, 5) is 12.1. The van der Waals surface area contributed by atoms with Gasteiger partial charge in [-0.15, -0.1) is 0 Å². The fraction of sp³-hybridized carbons (Fsp3) is 0.312. The summed E-state index contributed by atoms with van der Waals surface area (Å²) in [5.74, 6) is -0.352. The Morgan fingerprint density at radius 2 is 1.65 bits per heavy atom. The molecule has 0 saturated carbocycles. The third-order valence-electron chi connectivity index (χ3n) is 3.03. The Labute approximate surface area is 118 Å². The van der Waals surface area contributed by atoms with Crippen LogP contribution in [0.25, 0.3) is 10.8 Å². The zero-order chi connectivity index (χ0) is 14.9. The van der Waals surface area contributed by atoms with Gasteiger partial charge in [0, 0.05) is 11.1 Å². The average molecular weight is 273 g/mol. The van der Waals surface area contributed by atoms with Crippen LogP contribution >= 0.6 is 0 Å². The van der Waals surface area contributed by atoms with Gasteiger partial charge in [0.25, 0.3) is 0 Å². The Bertz CT molecular complexity index is 657. The Morgan fingerprint density at radius 3 is 2.25 bits per heavy atom. The Kier molecular flexibility index (Phi) is 3.68. The molecule has 0 fully saturated rings. The first-order valence-electron chi connectivity index (χ1n) is 6.50. The van der Waals surface area contributed by atoms with Gasteiger partial charge in [-0.1, -0.05) is 12.1 Å². The Balaban J connectivity index is 2.27. The van der Waals surface area contributed by atoms with Gasteiger partial charge in [0.15, 0.2) is 17.3 Å². The summed E-state index contributed by atoms with van der Waals surface area (Å²) in [6.45, 7) is 6.27. The second-order valence-corrected chi connectivity index (χ2v) is 5.93. The van der Waals surface area contributed by atoms with Crippen molar-refractivity contribution in [2.45, 2.75) is 26.3 Å². The van der Waals surface area contributed by atoms with Crippen molar-refractivity contribution in [3.63, 3.8) is 0 Å². The zero-order valence-corrected chi connectivity index (χ0v) is 11.9. The SMILES string of the molecule is CC(C)(C)NCC(=O)c1ccc2cc(O)c(O)cc2c1. The summed E-state index contributed by atoms with van der Waals surface area (Å²) >= 11 is 0. The number of nitrogens with one attached hydrogen (secondary N) is 1. The van der Waals surface area contributed by atoms with Gasteiger partial charge in [-0.2, -0.15) is 0 Å². The number of aromatic hydroxyl groups is 2. The maximum atomic E-state index is 12.1. The highest BCUT2D eigenvalue weighted by atomic mass is 16.3. The second-order valence-electron chi connectivity index (χ2n) is 5.93. The Hall–Kier alpha value is -2.07. The van der Waals surface area contributed by atoms with Crippen LogP contribution in [-0.2, 0) is 0 Å². The van der Waals surface area contributed by atoms with Gasteiger partial charge in [-0.3, -0.25) is 4.79 Å². The molecule has 0 unspecified atom stereocenters. The van der Waals surface area contributed by atoms with Crippen LogP contribution in [0, 0.1) is 0 Å². The lowest BCUT2D eigenvalue weighted by Crippen LogP contribution is -2.39. The van der Waals surface area contributed by atoms with E-state index in [2.05, 4.69) is 5.32 Å². The molecule has 0 heterocycles. The maximum absolute atomic E-state index is 12.1. The summed E-state index contributed by atoms with van der Waals surface area (Å²) in [5, 5.41) is 23.6. The van der Waals surface area contributed by atoms with Crippen LogP contribution in [0.4, 0.5) is 0 Å². The predicted molar refractivity (Wildman–Crippen MR) is 79.4 cm³/mol. The van der Waals surface area contributed by atoms with Crippen molar-refractivity contribution in [3.8, 4) is 11.5 Å². The number of ketones is 1. The molecule has 0 aromatic heterocycles. The Morgan fingerprint density at radius 1 is 1.05 bits per heavy atom. The quantitative estimate of drug-likeness (QED) is 0.594. The number of rotatable bonds is 3. The number of hydrogen-bond acceptors (Lipinski definition) is 4. The maximum Gasteiger partial charge on any atom is 0.176 e. The van der Waals surface area contributed by atoms with Crippen molar-refractivity contribution < 1.29 is 15.0 Å². The van der Waals surface area contributed by atoms with Crippen molar-refractivity contribution >= 4 is 16.6 Å². The standard InChI is InChI=1S/C16H19NO3/c1-16(2,3)17-9-15(20)11-5-4-10-7-13(18)14(19)8-12(10)6-11/h4-8,17-19H,9H2,1-3H3. The lowest BCUT2D eigenvalue weighted by molar-refractivity contribution is 0.0982. The number of carbonyl (C=O) groups is 1. The van der Waals surface area contributed by atoms with Crippen molar-refractivity contribution in [2.24, 2.45) is 0 Å². The van der Waals surface area contributed by atoms with Crippen LogP contribution in [0.1, 0.15) is 31.1 Å². The molecule has 2 rings (SSSR count). The molecule has 0 aliphatic heterocycles. The normalized spacial score (nSPS) is 11.8. The summed E-state index contributed by atoms with van der Waals surface area (Å²) in [7, 11) is 0. The molecular formula is C16H19NO3. The molecule has 0 bridgehead atoms. The van der Waals surface area contributed by atoms with Crippen LogP contribution in [0.3, 0.4) is 0 Å². The van der Waals surface area contributed by atoms with Crippen LogP contribution in [0.15, 0.2) is 30.3 Å². The van der Waals surface area contributed by atoms with Gasteiger partial charge in [-0.05, 0) is 49.7 Å². The van der Waals surface area contributed by atoms with Gasteiger partial charge >= 0.3 is 0 Å². The van der Waals surface area contributed by atoms with Gasteiger partial charge in [0.1, 0.15) is 0 Å². The number of carbonyl (C=O) groups excluding carboxylic acids is 1. The molecule has 0 saturated heterocycles. The topological polar surface area (TPSA) is 69.6 Å². The van der Waals surface area contributed by atoms with Crippen LogP contribution in [0.5, 0.6) is 11.5 Å². The first-order valence-corrected chi connectivity index (χ1v) is 6.50. The number of phenols is 2. The van der Waals surface area contributed by atoms with Crippen molar-refractivity contribution in [1.29, 1.82) is 0 Å². The molecule has 20 heavy (non-hydrogen) atoms. The molecule has 2 aromatic rings. The van der Waals surface area contributed by atoms with Crippen molar-refractivity contribution in [1.82, 2.24) is 5.32 Å². The highest BCUT2D eigenvalue weighted by Crippen LogP contribution is 2.30. The molecule has 4 heteroatoms. The summed E-state index contributed by atoms with van der Waals surface area (Å²) < 4.78 is 0. The van der Waals surface area contributed by atoms with Gasteiger partial charge in [-0.25, -0.2) is 0 Å². The molecule has 0 spiro atoms. The molecule has 0 radical (unpaired) electrons. The smallest absolute Gasteiger partial charge is 0.176 e. The molecule has 4 nitrogen and oxygen atoms in total. The van der Waals surface area contributed by atoms with Gasteiger partial charge < -0.3 is 15.5 Å². The molecule has 106 valence electrons. The molecule has 0 atom stereocenters. The molecule has 2 aromatic carbocycles. The number of Topliss-reactive ketones (excluding diaryl/α,β-unsaturated/α-hetero) is 1. The first-order chi connectivity index (χ1) is 9.26. The van der Waals surface area contributed by atoms with E-state index in [9.17, 15) is 15.0 Å². The average Bonchev–Trinajstić information content (AvgIpc) is 2.36. The van der Waals surface area contributed by atoms with E-state index < -0.39 is 0 Å². The van der Waals surface area contributed by atoms with E-state index in [0.29, 0.717) is 5.56 Å². The van der Waals surface area contributed by atoms with Crippen LogP contribution < -0.4 is 5.32 Å². The summed E-state index contributed by atoms with van der Waals surface area (Å²) in [5.41, 5.74) is 0.468. The van der Waals surface area contributed by atoms with Crippen LogP contribution in [-0.4, -0.2) is 28.1 Å². The van der Waals surface area contributed by atoms with E-state index >= 15 is 0 Å². The lowest BCUT2D eigenvalue weighted by atomic mass is 10.0. The van der Waals surface area contributed by atoms with Crippen LogP contribution in [0.2, 0.25) is 0 Å². The molecule has 0 aliphatic rings. The fourth-order valence-electron chi connectivity index (χ4n) is 1.89. The largest absolute Gasteiger partial charge is 0.504 e. The number of phenolic OH excluding ortho intramolecular Hbond substituents is 2. The van der Waals surface area contributed by atoms with E-state index in [1.54, 1.807) is 18.2 Å². The highest BCUT2D eigenvalue weighted by molar-refractivity contribution is 6.01. The predicted octanol–water partition coefficient (Wildman–Crippen LogP) is 2.82. The second kappa shape index (κ2) is 5.13. The minimum Gasteiger partial charge on any atom is -0.504 e. The van der Waals surface area contributed by atoms with Crippen molar-refractivity contribution in [2.75, 3.05) is 6.54 Å². The fourth-order valence-corrected chi connectivity index (χ4v) is 1.89. The van der Waals surface area contributed by atoms with E-state index in [1.165, 1.54) is 12.1 Å². The monoisotopic (exact) mass is 273 g/mol. The highest BCUT2D eigenvalue weighted by Gasteiger charge is 2.13. The van der Waals surface area contributed by atoms with E-state index in [1.807, 2.05) is 20.8 Å². The van der Waals surface area contributed by atoms with E-state index in [0.717, 1.165) is 10.8 Å². The third kappa shape index (κ3) is 3.27. The minimum absolute atomic E-state index is 0.00519. The zero-order valence-electron chi connectivity index (χ0n) is 11.9. The molecule has 0 amide bonds. The summed E-state index contributed by atoms with van der Waals surface area (Å²) in [6, 6.07) is 8.15. The third-order valence-corrected chi connectivity index (χ3v) is 3.03. The number of hydrogen-bond donors (Lipinski definition) is 3. The number of fused-ring (bicyclic) bond motifs is 1. The van der Waals surface area contributed by atoms with E-state index in [-0.39, 0.29) is 29.4 Å². The summed E-state index contributed by atoms with van der Waals surface area (Å²) in [6.07, 6.45) is 0. The van der Waals surface area contributed by atoms with Gasteiger partial charge in [0.05, 0.1) is 6.54 Å². The van der Waals surface area contributed by atoms with E-state index in [4.69, 9.17) is 0 Å². The van der Waals surface area contributed by atoms with Gasteiger partial charge in [0.2, 0.25) is 0 Å². The first kappa shape index (κ1) is 14.3. The lowest BCUT2D eigenvalue weighted by Gasteiger charge is -2.19. The number of benzene rings is 2.